The Hall–Kier alpha value is -3.63. The predicted octanol–water partition coefficient (Wildman–Crippen LogP) is 5.47. The number of halogens is 1. The van der Waals surface area contributed by atoms with Crippen LogP contribution in [0.4, 0.5) is 10.2 Å². The zero-order valence-electron chi connectivity index (χ0n) is 23.9. The molecule has 208 valence electrons. The van der Waals surface area contributed by atoms with Crippen LogP contribution in [0, 0.1) is 29.0 Å². The van der Waals surface area contributed by atoms with E-state index >= 15 is 0 Å². The first-order chi connectivity index (χ1) is 18.9. The van der Waals surface area contributed by atoms with Gasteiger partial charge in [0.2, 0.25) is 0 Å². The number of anilines is 1. The van der Waals surface area contributed by atoms with Crippen molar-refractivity contribution in [1.29, 1.82) is 5.26 Å². The van der Waals surface area contributed by atoms with Crippen molar-refractivity contribution in [2.75, 3.05) is 25.0 Å². The molecule has 1 amide bonds. The fourth-order valence-corrected chi connectivity index (χ4v) is 3.87. The molecule has 3 aliphatic rings. The number of nitrogens with zero attached hydrogens (tertiary/aromatic N) is 3. The summed E-state index contributed by atoms with van der Waals surface area (Å²) in [6.07, 6.45) is 10.5. The second-order valence-corrected chi connectivity index (χ2v) is 9.75. The van der Waals surface area contributed by atoms with Crippen molar-refractivity contribution in [2.24, 2.45) is 16.8 Å². The molecule has 0 spiro atoms. The number of allylic oxidation sites excluding steroid dienone is 2. The highest BCUT2D eigenvalue weighted by molar-refractivity contribution is 6.05. The molecule has 0 bridgehead atoms. The molecule has 39 heavy (non-hydrogen) atoms. The average molecular weight is 532 g/mol. The Bertz CT molecular complexity index is 1300. The van der Waals surface area contributed by atoms with Gasteiger partial charge in [0.1, 0.15) is 17.7 Å². The molecular formula is C32H42FN5O. The Kier molecular flexibility index (Phi) is 13.8. The number of carbonyl (C=O) groups is 1. The van der Waals surface area contributed by atoms with Crippen LogP contribution in [0.3, 0.4) is 0 Å². The lowest BCUT2D eigenvalue weighted by Gasteiger charge is -2.21. The Balaban J connectivity index is 0.000000290. The SMILES string of the molecule is C1CNC1.CC.CC(C)CC1=CC(C(=O)Nc2ccc3c(n2)=NCCC=3)=CCC1C.N#Cc1ccccc1F. The fraction of sp³-hybridized carbons (Fsp3) is 0.438. The smallest absolute Gasteiger partial charge is 0.256 e. The summed E-state index contributed by atoms with van der Waals surface area (Å²) in [6, 6.07) is 11.4. The van der Waals surface area contributed by atoms with Gasteiger partial charge in [-0.05, 0) is 74.9 Å². The number of benzene rings is 1. The van der Waals surface area contributed by atoms with Gasteiger partial charge < -0.3 is 10.6 Å². The van der Waals surface area contributed by atoms with Gasteiger partial charge in [0, 0.05) is 17.3 Å². The number of fused-ring (bicyclic) bond motifs is 1. The fourth-order valence-electron chi connectivity index (χ4n) is 3.87. The molecule has 1 aromatic carbocycles. The van der Waals surface area contributed by atoms with Crippen molar-refractivity contribution in [3.05, 3.63) is 81.8 Å². The van der Waals surface area contributed by atoms with E-state index in [4.69, 9.17) is 5.26 Å². The lowest BCUT2D eigenvalue weighted by atomic mass is 9.85. The lowest BCUT2D eigenvalue weighted by molar-refractivity contribution is -0.112. The maximum Gasteiger partial charge on any atom is 0.256 e. The van der Waals surface area contributed by atoms with Crippen LogP contribution in [0.15, 0.2) is 64.7 Å². The van der Waals surface area contributed by atoms with E-state index in [-0.39, 0.29) is 11.5 Å². The van der Waals surface area contributed by atoms with E-state index in [1.165, 1.54) is 37.2 Å². The first kappa shape index (κ1) is 31.6. The van der Waals surface area contributed by atoms with Crippen molar-refractivity contribution in [3.63, 3.8) is 0 Å². The van der Waals surface area contributed by atoms with Gasteiger partial charge in [-0.25, -0.2) is 9.37 Å². The molecule has 2 aliphatic heterocycles. The second-order valence-electron chi connectivity index (χ2n) is 9.75. The Morgan fingerprint density at radius 2 is 1.87 bits per heavy atom. The highest BCUT2D eigenvalue weighted by atomic mass is 19.1. The normalized spacial score (nSPS) is 16.6. The minimum absolute atomic E-state index is 0.0876. The number of nitriles is 1. The number of hydrogen-bond acceptors (Lipinski definition) is 5. The first-order valence-electron chi connectivity index (χ1n) is 14.0. The van der Waals surface area contributed by atoms with Crippen LogP contribution in [0.25, 0.3) is 6.08 Å². The van der Waals surface area contributed by atoms with Gasteiger partial charge >= 0.3 is 0 Å². The van der Waals surface area contributed by atoms with E-state index in [1.54, 1.807) is 18.2 Å². The molecular weight excluding hydrogens is 489 g/mol. The van der Waals surface area contributed by atoms with Gasteiger partial charge in [0.25, 0.3) is 5.91 Å². The lowest BCUT2D eigenvalue weighted by Crippen LogP contribution is -2.32. The van der Waals surface area contributed by atoms with Crippen LogP contribution in [0.5, 0.6) is 0 Å². The molecule has 1 fully saturated rings. The minimum atomic E-state index is -0.458. The Labute approximate surface area is 232 Å². The van der Waals surface area contributed by atoms with Gasteiger partial charge in [0.05, 0.1) is 5.56 Å². The summed E-state index contributed by atoms with van der Waals surface area (Å²) in [7, 11) is 0. The van der Waals surface area contributed by atoms with Crippen LogP contribution < -0.4 is 21.3 Å². The third-order valence-electron chi connectivity index (χ3n) is 6.17. The van der Waals surface area contributed by atoms with Crippen molar-refractivity contribution in [3.8, 4) is 6.07 Å². The van der Waals surface area contributed by atoms with Crippen molar-refractivity contribution >= 4 is 17.8 Å². The topological polar surface area (TPSA) is 90.2 Å². The zero-order valence-corrected chi connectivity index (χ0v) is 23.9. The van der Waals surface area contributed by atoms with E-state index in [0.717, 1.165) is 42.1 Å². The van der Waals surface area contributed by atoms with Crippen LogP contribution in [0.1, 0.15) is 65.9 Å². The van der Waals surface area contributed by atoms with E-state index in [0.29, 0.717) is 17.7 Å². The molecule has 2 N–H and O–H groups in total. The predicted molar refractivity (Wildman–Crippen MR) is 157 cm³/mol. The highest BCUT2D eigenvalue weighted by Crippen LogP contribution is 2.28. The maximum atomic E-state index is 12.6. The summed E-state index contributed by atoms with van der Waals surface area (Å²) in [6.45, 7) is 13.9. The molecule has 2 aromatic rings. The number of aromatic nitrogens is 1. The average Bonchev–Trinajstić information content (AvgIpc) is 2.90. The van der Waals surface area contributed by atoms with Gasteiger partial charge in [-0.3, -0.25) is 9.79 Å². The summed E-state index contributed by atoms with van der Waals surface area (Å²) in [5.41, 5.74) is 2.92. The van der Waals surface area contributed by atoms with Crippen LogP contribution in [0.2, 0.25) is 0 Å². The van der Waals surface area contributed by atoms with Crippen molar-refractivity contribution in [1.82, 2.24) is 10.3 Å². The van der Waals surface area contributed by atoms with E-state index in [2.05, 4.69) is 53.5 Å². The molecule has 1 aromatic heterocycles. The molecule has 1 unspecified atom stereocenters. The number of hydrogen-bond donors (Lipinski definition) is 2. The zero-order chi connectivity index (χ0) is 28.6. The molecule has 0 radical (unpaired) electrons. The van der Waals surface area contributed by atoms with E-state index < -0.39 is 5.82 Å². The summed E-state index contributed by atoms with van der Waals surface area (Å²) in [5, 5.41) is 15.3. The molecule has 5 rings (SSSR count). The van der Waals surface area contributed by atoms with Crippen molar-refractivity contribution in [2.45, 2.75) is 60.3 Å². The second kappa shape index (κ2) is 17.1. The molecule has 7 heteroatoms. The molecule has 6 nitrogen and oxygen atoms in total. The number of rotatable bonds is 4. The summed E-state index contributed by atoms with van der Waals surface area (Å²) < 4.78 is 12.4. The Morgan fingerprint density at radius 1 is 1.18 bits per heavy atom. The van der Waals surface area contributed by atoms with Crippen LogP contribution >= 0.6 is 0 Å². The molecule has 1 atom stereocenters. The Morgan fingerprint density at radius 3 is 2.46 bits per heavy atom. The number of amides is 1. The summed E-state index contributed by atoms with van der Waals surface area (Å²) in [5.74, 6) is 1.13. The third kappa shape index (κ3) is 10.6. The minimum Gasteiger partial charge on any atom is -0.317 e. The van der Waals surface area contributed by atoms with Crippen LogP contribution in [-0.4, -0.2) is 30.5 Å². The maximum absolute atomic E-state index is 12.6. The molecule has 3 heterocycles. The summed E-state index contributed by atoms with van der Waals surface area (Å²) in [4.78, 5) is 21.4. The van der Waals surface area contributed by atoms with E-state index in [9.17, 15) is 9.18 Å². The van der Waals surface area contributed by atoms with Gasteiger partial charge in [-0.1, -0.05) is 70.6 Å². The van der Waals surface area contributed by atoms with E-state index in [1.807, 2.05) is 32.1 Å². The molecule has 0 saturated carbocycles. The van der Waals surface area contributed by atoms with Gasteiger partial charge in [-0.2, -0.15) is 5.26 Å². The van der Waals surface area contributed by atoms with Gasteiger partial charge in [0.15, 0.2) is 5.49 Å². The van der Waals surface area contributed by atoms with Gasteiger partial charge in [-0.15, -0.1) is 0 Å². The largest absolute Gasteiger partial charge is 0.317 e. The monoisotopic (exact) mass is 531 g/mol. The van der Waals surface area contributed by atoms with Crippen molar-refractivity contribution < 1.29 is 9.18 Å². The number of carbonyl (C=O) groups excluding carboxylic acids is 1. The quantitative estimate of drug-likeness (QED) is 0.548. The highest BCUT2D eigenvalue weighted by Gasteiger charge is 2.18. The molecule has 1 aliphatic carbocycles. The number of nitrogens with one attached hydrogen (secondary N) is 2. The van der Waals surface area contributed by atoms with Crippen LogP contribution in [-0.2, 0) is 4.79 Å². The first-order valence-corrected chi connectivity index (χ1v) is 14.0. The third-order valence-corrected chi connectivity index (χ3v) is 6.17. The summed E-state index contributed by atoms with van der Waals surface area (Å²) >= 11 is 0. The number of pyridine rings is 1. The molecule has 1 saturated heterocycles. The standard InChI is InChI=1S/C20H25N3O.C7H4FN.C3H7N.C2H6/c1-13(2)11-17-12-16(7-6-14(17)3)20(24)23-18-9-8-15-5-4-10-21-19(15)22-18;8-7-4-2-1-3-6(7)5-9;1-2-4-3-1;1-2/h5,7-9,12-14H,4,6,10-11H2,1-3H3,(H,21,22,23,24);1-4H;4H,1-3H2;1-2H3.